The monoisotopic (exact) mass is 259 g/mol. The molecule has 0 amide bonds. The van der Waals surface area contributed by atoms with Crippen molar-refractivity contribution in [2.45, 2.75) is 32.7 Å². The lowest BCUT2D eigenvalue weighted by atomic mass is 10.2. The van der Waals surface area contributed by atoms with Crippen molar-refractivity contribution in [3.8, 4) is 0 Å². The van der Waals surface area contributed by atoms with E-state index in [0.29, 0.717) is 6.04 Å². The van der Waals surface area contributed by atoms with Crippen molar-refractivity contribution < 1.29 is 0 Å². The lowest BCUT2D eigenvalue weighted by Gasteiger charge is -2.11. The van der Waals surface area contributed by atoms with E-state index in [1.54, 1.807) is 0 Å². The minimum atomic E-state index is 0.436. The molecule has 0 radical (unpaired) electrons. The Kier molecular flexibility index (Phi) is 4.62. The zero-order valence-corrected chi connectivity index (χ0v) is 10.6. The Hall–Kier alpha value is -0.350. The Morgan fingerprint density at radius 1 is 1.57 bits per heavy atom. The smallest absolute Gasteiger partial charge is 0.0635 e. The molecule has 0 aromatic carbocycles. The third-order valence-corrected chi connectivity index (χ3v) is 2.84. The Bertz CT molecular complexity index is 281. The standard InChI is InChI=1S/C10H18BrN3/c1-8(2)14-10(5-4-6-12-3)9(11)7-13-14/h7-8,12H,4-6H2,1-3H3. The van der Waals surface area contributed by atoms with E-state index >= 15 is 0 Å². The van der Waals surface area contributed by atoms with Crippen LogP contribution in [0, 0.1) is 0 Å². The van der Waals surface area contributed by atoms with Crippen LogP contribution in [0.25, 0.3) is 0 Å². The van der Waals surface area contributed by atoms with Crippen LogP contribution in [0.2, 0.25) is 0 Å². The number of halogens is 1. The third-order valence-electron chi connectivity index (χ3n) is 2.18. The van der Waals surface area contributed by atoms with Gasteiger partial charge in [0.1, 0.15) is 0 Å². The first-order chi connectivity index (χ1) is 6.66. The largest absolute Gasteiger partial charge is 0.320 e. The Morgan fingerprint density at radius 2 is 2.29 bits per heavy atom. The molecule has 0 saturated carbocycles. The molecule has 0 spiro atoms. The van der Waals surface area contributed by atoms with Crippen molar-refractivity contribution in [3.05, 3.63) is 16.4 Å². The quantitative estimate of drug-likeness (QED) is 0.824. The highest BCUT2D eigenvalue weighted by Gasteiger charge is 2.10. The molecule has 1 N–H and O–H groups in total. The summed E-state index contributed by atoms with van der Waals surface area (Å²) < 4.78 is 3.21. The fourth-order valence-electron chi connectivity index (χ4n) is 1.48. The van der Waals surface area contributed by atoms with Gasteiger partial charge in [-0.2, -0.15) is 5.10 Å². The van der Waals surface area contributed by atoms with Crippen LogP contribution in [0.4, 0.5) is 0 Å². The van der Waals surface area contributed by atoms with Crippen molar-refractivity contribution in [2.75, 3.05) is 13.6 Å². The van der Waals surface area contributed by atoms with Gasteiger partial charge in [-0.15, -0.1) is 0 Å². The van der Waals surface area contributed by atoms with Crippen molar-refractivity contribution in [3.63, 3.8) is 0 Å². The van der Waals surface area contributed by atoms with E-state index in [4.69, 9.17) is 0 Å². The third kappa shape index (κ3) is 2.82. The molecular weight excluding hydrogens is 242 g/mol. The molecule has 0 fully saturated rings. The second-order valence-electron chi connectivity index (χ2n) is 3.68. The van der Waals surface area contributed by atoms with Crippen molar-refractivity contribution >= 4 is 15.9 Å². The summed E-state index contributed by atoms with van der Waals surface area (Å²) in [6, 6.07) is 0.436. The van der Waals surface area contributed by atoms with Crippen LogP contribution in [0.3, 0.4) is 0 Å². The molecule has 14 heavy (non-hydrogen) atoms. The number of nitrogens with zero attached hydrogens (tertiary/aromatic N) is 2. The maximum atomic E-state index is 4.34. The van der Waals surface area contributed by atoms with E-state index in [0.717, 1.165) is 23.9 Å². The van der Waals surface area contributed by atoms with Gasteiger partial charge < -0.3 is 5.32 Å². The average molecular weight is 260 g/mol. The van der Waals surface area contributed by atoms with Gasteiger partial charge in [-0.25, -0.2) is 0 Å². The molecule has 3 nitrogen and oxygen atoms in total. The van der Waals surface area contributed by atoms with Crippen molar-refractivity contribution in [1.82, 2.24) is 15.1 Å². The molecule has 0 aliphatic heterocycles. The summed E-state index contributed by atoms with van der Waals surface area (Å²) in [4.78, 5) is 0. The lowest BCUT2D eigenvalue weighted by Crippen LogP contribution is -2.12. The number of aromatic nitrogens is 2. The van der Waals surface area contributed by atoms with Gasteiger partial charge in [0.05, 0.1) is 16.4 Å². The predicted octanol–water partition coefficient (Wildman–Crippen LogP) is 2.38. The fourth-order valence-corrected chi connectivity index (χ4v) is 1.95. The molecule has 0 atom stereocenters. The number of hydrogen-bond donors (Lipinski definition) is 1. The maximum absolute atomic E-state index is 4.34. The number of nitrogens with one attached hydrogen (secondary N) is 1. The van der Waals surface area contributed by atoms with Gasteiger partial charge in [-0.1, -0.05) is 0 Å². The average Bonchev–Trinajstić information content (AvgIpc) is 2.48. The summed E-state index contributed by atoms with van der Waals surface area (Å²) in [6.45, 7) is 5.36. The van der Waals surface area contributed by atoms with Gasteiger partial charge in [-0.05, 0) is 56.2 Å². The molecule has 1 aromatic rings. The van der Waals surface area contributed by atoms with E-state index in [-0.39, 0.29) is 0 Å². The normalized spacial score (nSPS) is 11.2. The molecule has 0 bridgehead atoms. The Balaban J connectivity index is 2.67. The van der Waals surface area contributed by atoms with E-state index < -0.39 is 0 Å². The number of hydrogen-bond acceptors (Lipinski definition) is 2. The van der Waals surface area contributed by atoms with Gasteiger partial charge in [-0.3, -0.25) is 4.68 Å². The van der Waals surface area contributed by atoms with Crippen LogP contribution >= 0.6 is 15.9 Å². The highest BCUT2D eigenvalue weighted by atomic mass is 79.9. The topological polar surface area (TPSA) is 29.9 Å². The zero-order chi connectivity index (χ0) is 10.6. The van der Waals surface area contributed by atoms with Gasteiger partial charge in [0.2, 0.25) is 0 Å². The van der Waals surface area contributed by atoms with Gasteiger partial charge in [0.25, 0.3) is 0 Å². The van der Waals surface area contributed by atoms with Crippen molar-refractivity contribution in [1.29, 1.82) is 0 Å². The minimum absolute atomic E-state index is 0.436. The second kappa shape index (κ2) is 5.51. The molecule has 80 valence electrons. The van der Waals surface area contributed by atoms with Crippen LogP contribution in [-0.2, 0) is 6.42 Å². The summed E-state index contributed by atoms with van der Waals surface area (Å²) in [7, 11) is 1.98. The first kappa shape index (κ1) is 11.7. The summed E-state index contributed by atoms with van der Waals surface area (Å²) in [6.07, 6.45) is 4.10. The van der Waals surface area contributed by atoms with Gasteiger partial charge >= 0.3 is 0 Å². The van der Waals surface area contributed by atoms with Crippen LogP contribution in [-0.4, -0.2) is 23.4 Å². The van der Waals surface area contributed by atoms with E-state index in [2.05, 4.69) is 44.9 Å². The summed E-state index contributed by atoms with van der Waals surface area (Å²) in [5.74, 6) is 0. The lowest BCUT2D eigenvalue weighted by molar-refractivity contribution is 0.503. The highest BCUT2D eigenvalue weighted by Crippen LogP contribution is 2.20. The van der Waals surface area contributed by atoms with Gasteiger partial charge in [0, 0.05) is 6.04 Å². The van der Waals surface area contributed by atoms with Crippen LogP contribution in [0.1, 0.15) is 32.0 Å². The molecule has 1 rings (SSSR count). The summed E-state index contributed by atoms with van der Waals surface area (Å²) in [5.41, 5.74) is 1.30. The molecule has 1 aromatic heterocycles. The molecule has 0 aliphatic rings. The van der Waals surface area contributed by atoms with Crippen molar-refractivity contribution in [2.24, 2.45) is 0 Å². The number of rotatable bonds is 5. The first-order valence-electron chi connectivity index (χ1n) is 5.03. The summed E-state index contributed by atoms with van der Waals surface area (Å²) >= 11 is 3.53. The first-order valence-corrected chi connectivity index (χ1v) is 5.82. The fraction of sp³-hybridized carbons (Fsp3) is 0.700. The SMILES string of the molecule is CNCCCc1c(Br)cnn1C(C)C. The van der Waals surface area contributed by atoms with Crippen LogP contribution in [0.15, 0.2) is 10.7 Å². The molecule has 1 heterocycles. The molecular formula is C10H18BrN3. The Labute approximate surface area is 94.0 Å². The van der Waals surface area contributed by atoms with Crippen LogP contribution in [0.5, 0.6) is 0 Å². The predicted molar refractivity (Wildman–Crippen MR) is 62.6 cm³/mol. The maximum Gasteiger partial charge on any atom is 0.0635 e. The van der Waals surface area contributed by atoms with E-state index in [1.165, 1.54) is 5.69 Å². The molecule has 4 heteroatoms. The minimum Gasteiger partial charge on any atom is -0.320 e. The molecule has 0 unspecified atom stereocenters. The highest BCUT2D eigenvalue weighted by molar-refractivity contribution is 9.10. The van der Waals surface area contributed by atoms with E-state index in [9.17, 15) is 0 Å². The van der Waals surface area contributed by atoms with E-state index in [1.807, 2.05) is 13.2 Å². The molecule has 0 aliphatic carbocycles. The van der Waals surface area contributed by atoms with Gasteiger partial charge in [0.15, 0.2) is 0 Å². The van der Waals surface area contributed by atoms with Crippen LogP contribution < -0.4 is 5.32 Å². The summed E-state index contributed by atoms with van der Waals surface area (Å²) in [5, 5.41) is 7.50. The zero-order valence-electron chi connectivity index (χ0n) is 9.05. The Morgan fingerprint density at radius 3 is 2.86 bits per heavy atom. The second-order valence-corrected chi connectivity index (χ2v) is 4.54. The molecule has 0 saturated heterocycles.